The molecule has 1 aliphatic rings. The largest absolute Gasteiger partial charge is 0.573 e. The summed E-state index contributed by atoms with van der Waals surface area (Å²) >= 11 is 0. The Morgan fingerprint density at radius 3 is 2.66 bits per heavy atom. The van der Waals surface area contributed by atoms with Crippen LogP contribution in [0.5, 0.6) is 17.2 Å². The normalized spacial score (nSPS) is 12.7. The van der Waals surface area contributed by atoms with Crippen LogP contribution in [0.25, 0.3) is 16.9 Å². The summed E-state index contributed by atoms with van der Waals surface area (Å²) in [5.41, 5.74) is 0.478. The van der Waals surface area contributed by atoms with Gasteiger partial charge in [-0.05, 0) is 42.0 Å². The van der Waals surface area contributed by atoms with Crippen molar-refractivity contribution in [1.82, 2.24) is 29.9 Å². The third kappa shape index (κ3) is 4.71. The van der Waals surface area contributed by atoms with E-state index in [1.54, 1.807) is 18.2 Å². The molecule has 3 heterocycles. The van der Waals surface area contributed by atoms with Crippen molar-refractivity contribution in [2.24, 2.45) is 0 Å². The van der Waals surface area contributed by atoms with E-state index in [-0.39, 0.29) is 31.0 Å². The lowest BCUT2D eigenvalue weighted by Gasteiger charge is -2.09. The van der Waals surface area contributed by atoms with E-state index in [1.165, 1.54) is 23.1 Å². The fraction of sp³-hybridized carbons (Fsp3) is 0.190. The van der Waals surface area contributed by atoms with E-state index >= 15 is 0 Å². The number of hydrogen-bond donors (Lipinski definition) is 1. The highest BCUT2D eigenvalue weighted by Gasteiger charge is 2.31. The number of halogens is 3. The minimum atomic E-state index is -4.81. The summed E-state index contributed by atoms with van der Waals surface area (Å²) in [5.74, 6) is 0.379. The molecule has 0 fully saturated rings. The Balaban J connectivity index is 1.28. The summed E-state index contributed by atoms with van der Waals surface area (Å²) in [4.78, 5) is 29.3. The molecule has 4 aromatic rings. The number of nitrogens with zero attached hydrogens (tertiary/aromatic N) is 5. The van der Waals surface area contributed by atoms with Gasteiger partial charge in [0.15, 0.2) is 22.7 Å². The molecule has 1 amide bonds. The monoisotopic (exact) mass is 488 g/mol. The SMILES string of the molecule is O=C(Cn1cnc2c(nnn2-c2ccc(OC(F)(F)F)cc2)c1=O)NCc1ccc2c(c1)OCO2. The van der Waals surface area contributed by atoms with Gasteiger partial charge in [0.25, 0.3) is 5.56 Å². The molecule has 2 aromatic carbocycles. The van der Waals surface area contributed by atoms with E-state index in [0.29, 0.717) is 17.2 Å². The van der Waals surface area contributed by atoms with Gasteiger partial charge < -0.3 is 19.5 Å². The second kappa shape index (κ2) is 8.62. The Labute approximate surface area is 193 Å². The van der Waals surface area contributed by atoms with Gasteiger partial charge in [-0.1, -0.05) is 11.3 Å². The molecule has 0 aliphatic carbocycles. The van der Waals surface area contributed by atoms with Crippen LogP contribution in [0.15, 0.2) is 53.6 Å². The molecular weight excluding hydrogens is 473 g/mol. The molecule has 1 aliphatic heterocycles. The Kier molecular flexibility index (Phi) is 5.47. The molecule has 0 saturated heterocycles. The van der Waals surface area contributed by atoms with Crippen LogP contribution in [0.2, 0.25) is 0 Å². The van der Waals surface area contributed by atoms with Crippen molar-refractivity contribution in [1.29, 1.82) is 0 Å². The molecule has 1 N–H and O–H groups in total. The lowest BCUT2D eigenvalue weighted by molar-refractivity contribution is -0.274. The number of aromatic nitrogens is 5. The molecule has 0 atom stereocenters. The van der Waals surface area contributed by atoms with E-state index in [9.17, 15) is 22.8 Å². The number of alkyl halides is 3. The predicted octanol–water partition coefficient (Wildman–Crippen LogP) is 1.92. The van der Waals surface area contributed by atoms with Gasteiger partial charge in [0.2, 0.25) is 12.7 Å². The number of carbonyl (C=O) groups excluding carboxylic acids is 1. The summed E-state index contributed by atoms with van der Waals surface area (Å²) < 4.78 is 53.7. The molecule has 0 unspecified atom stereocenters. The Hall–Kier alpha value is -4.62. The van der Waals surface area contributed by atoms with Gasteiger partial charge >= 0.3 is 6.36 Å². The Morgan fingerprint density at radius 1 is 1.11 bits per heavy atom. The van der Waals surface area contributed by atoms with E-state index in [1.807, 2.05) is 0 Å². The first-order valence-corrected chi connectivity index (χ1v) is 10.1. The Morgan fingerprint density at radius 2 is 1.89 bits per heavy atom. The highest BCUT2D eigenvalue weighted by atomic mass is 19.4. The van der Waals surface area contributed by atoms with Crippen LogP contribution in [-0.2, 0) is 17.9 Å². The highest BCUT2D eigenvalue weighted by molar-refractivity contribution is 5.76. The van der Waals surface area contributed by atoms with Gasteiger partial charge in [-0.15, -0.1) is 18.3 Å². The fourth-order valence-electron chi connectivity index (χ4n) is 3.38. The standard InChI is InChI=1S/C21H15F3N6O5/c22-21(23,24)35-14-4-2-13(3-5-14)30-19-18(27-28-30)20(32)29(10-26-19)9-17(31)25-8-12-1-6-15-16(7-12)34-11-33-15/h1-7,10H,8-9,11H2,(H,25,31). The van der Waals surface area contributed by atoms with Gasteiger partial charge in [0.1, 0.15) is 18.6 Å². The summed E-state index contributed by atoms with van der Waals surface area (Å²) in [6, 6.07) is 10.1. The number of ether oxygens (including phenoxy) is 3. The van der Waals surface area contributed by atoms with Crippen molar-refractivity contribution >= 4 is 17.1 Å². The number of hydrogen-bond acceptors (Lipinski definition) is 8. The molecule has 0 bridgehead atoms. The van der Waals surface area contributed by atoms with Gasteiger partial charge in [0.05, 0.1) is 5.69 Å². The van der Waals surface area contributed by atoms with Crippen molar-refractivity contribution in [3.05, 3.63) is 64.7 Å². The average Bonchev–Trinajstić information content (AvgIpc) is 3.46. The third-order valence-electron chi connectivity index (χ3n) is 4.98. The zero-order chi connectivity index (χ0) is 24.6. The second-order valence-electron chi connectivity index (χ2n) is 7.36. The molecule has 5 rings (SSSR count). The summed E-state index contributed by atoms with van der Waals surface area (Å²) in [6.45, 7) is 0.0543. The smallest absolute Gasteiger partial charge is 0.454 e. The third-order valence-corrected chi connectivity index (χ3v) is 4.98. The minimum Gasteiger partial charge on any atom is -0.454 e. The molecule has 0 spiro atoms. The van der Waals surface area contributed by atoms with Crippen LogP contribution in [0.1, 0.15) is 5.56 Å². The lowest BCUT2D eigenvalue weighted by atomic mass is 10.2. The van der Waals surface area contributed by atoms with E-state index in [2.05, 4.69) is 25.3 Å². The van der Waals surface area contributed by atoms with Crippen molar-refractivity contribution in [2.75, 3.05) is 6.79 Å². The maximum Gasteiger partial charge on any atom is 0.573 e. The quantitative estimate of drug-likeness (QED) is 0.437. The van der Waals surface area contributed by atoms with Gasteiger partial charge in [-0.2, -0.15) is 4.68 Å². The lowest BCUT2D eigenvalue weighted by Crippen LogP contribution is -2.32. The fourth-order valence-corrected chi connectivity index (χ4v) is 3.38. The van der Waals surface area contributed by atoms with Crippen molar-refractivity contribution in [3.63, 3.8) is 0 Å². The molecule has 14 heteroatoms. The first-order valence-electron chi connectivity index (χ1n) is 10.1. The molecule has 35 heavy (non-hydrogen) atoms. The molecule has 2 aromatic heterocycles. The first kappa shape index (κ1) is 22.2. The molecule has 180 valence electrons. The van der Waals surface area contributed by atoms with Gasteiger partial charge in [-0.25, -0.2) is 4.98 Å². The van der Waals surface area contributed by atoms with E-state index in [4.69, 9.17) is 9.47 Å². The number of amides is 1. The summed E-state index contributed by atoms with van der Waals surface area (Å²) in [7, 11) is 0. The summed E-state index contributed by atoms with van der Waals surface area (Å²) in [5, 5.41) is 10.4. The van der Waals surface area contributed by atoms with Gasteiger partial charge in [-0.3, -0.25) is 14.2 Å². The number of benzene rings is 2. The average molecular weight is 488 g/mol. The van der Waals surface area contributed by atoms with E-state index in [0.717, 1.165) is 22.3 Å². The predicted molar refractivity (Wildman–Crippen MR) is 112 cm³/mol. The summed E-state index contributed by atoms with van der Waals surface area (Å²) in [6.07, 6.45) is -3.64. The maximum absolute atomic E-state index is 12.8. The number of nitrogens with one attached hydrogen (secondary N) is 1. The Bertz CT molecular complexity index is 1470. The van der Waals surface area contributed by atoms with Crippen LogP contribution in [0.4, 0.5) is 13.2 Å². The number of carbonyl (C=O) groups is 1. The van der Waals surface area contributed by atoms with E-state index < -0.39 is 23.6 Å². The van der Waals surface area contributed by atoms with Crippen LogP contribution in [0.3, 0.4) is 0 Å². The van der Waals surface area contributed by atoms with Crippen LogP contribution >= 0.6 is 0 Å². The topological polar surface area (TPSA) is 122 Å². The van der Waals surface area contributed by atoms with Crippen molar-refractivity contribution < 1.29 is 32.2 Å². The molecule has 0 radical (unpaired) electrons. The van der Waals surface area contributed by atoms with Crippen LogP contribution < -0.4 is 25.1 Å². The van der Waals surface area contributed by atoms with Crippen LogP contribution in [-0.4, -0.2) is 43.6 Å². The zero-order valence-corrected chi connectivity index (χ0v) is 17.7. The number of fused-ring (bicyclic) bond motifs is 2. The van der Waals surface area contributed by atoms with Gasteiger partial charge in [0, 0.05) is 6.54 Å². The molecule has 11 nitrogen and oxygen atoms in total. The van der Waals surface area contributed by atoms with Crippen LogP contribution in [0, 0.1) is 0 Å². The first-order chi connectivity index (χ1) is 16.8. The maximum atomic E-state index is 12.8. The molecular formula is C21H15F3N6O5. The zero-order valence-electron chi connectivity index (χ0n) is 17.7. The highest BCUT2D eigenvalue weighted by Crippen LogP contribution is 2.32. The van der Waals surface area contributed by atoms with Crippen molar-refractivity contribution in [2.45, 2.75) is 19.5 Å². The minimum absolute atomic E-state index is 0.0801. The van der Waals surface area contributed by atoms with Crippen molar-refractivity contribution in [3.8, 4) is 22.9 Å². The number of rotatable bonds is 6. The molecule has 0 saturated carbocycles. The second-order valence-corrected chi connectivity index (χ2v) is 7.36.